The summed E-state index contributed by atoms with van der Waals surface area (Å²) >= 11 is 0. The minimum atomic E-state index is 0. The molecule has 0 fully saturated rings. The number of nitrogens with two attached hydrogens (primary N) is 1. The molecule has 0 aromatic rings. The Bertz CT molecular complexity index is 7.51. The van der Waals surface area contributed by atoms with Crippen molar-refractivity contribution in [2.45, 2.75) is 14.9 Å². The van der Waals surface area contributed by atoms with Crippen LogP contribution in [0.5, 0.6) is 0 Å². The van der Waals surface area contributed by atoms with Gasteiger partial charge in [0.2, 0.25) is 0 Å². The van der Waals surface area contributed by atoms with Crippen LogP contribution in [0.25, 0.3) is 0 Å². The first-order chi connectivity index (χ1) is 1.41. The molecule has 0 heterocycles. The first-order valence-corrected chi connectivity index (χ1v) is 0.908. The Morgan fingerprint density at radius 1 is 1.33 bits per heavy atom. The van der Waals surface area contributed by atoms with Gasteiger partial charge in [0.05, 0.1) is 0 Å². The van der Waals surface area contributed by atoms with Gasteiger partial charge in [0, 0.05) is 21.1 Å². The second-order valence-electron chi connectivity index (χ2n) is 0.289. The standard InChI is InChI=1S/C2H6N.2CH4.W/c1-2-3;;;/h1-3H2;2*1H4;/q-1;;;. The van der Waals surface area contributed by atoms with Gasteiger partial charge in [-0.3, -0.25) is 0 Å². The summed E-state index contributed by atoms with van der Waals surface area (Å²) in [7, 11) is 0. The third-order valence-corrected chi connectivity index (χ3v) is 0. The maximum absolute atomic E-state index is 4.74. The summed E-state index contributed by atoms with van der Waals surface area (Å²) in [4.78, 5) is 0. The van der Waals surface area contributed by atoms with E-state index in [2.05, 4.69) is 6.92 Å². The Balaban J connectivity index is -0.00000000667. The molecule has 0 saturated heterocycles. The van der Waals surface area contributed by atoms with Crippen molar-refractivity contribution >= 4 is 0 Å². The molecule has 0 spiro atoms. The molecule has 2 N–H and O–H groups in total. The average molecular weight is 260 g/mol. The van der Waals surface area contributed by atoms with Gasteiger partial charge in [-0.05, 0) is 0 Å². The van der Waals surface area contributed by atoms with Crippen LogP contribution in [0.2, 0.25) is 0 Å². The predicted octanol–water partition coefficient (Wildman–Crippen LogP) is 1.05. The van der Waals surface area contributed by atoms with Crippen LogP contribution in [-0.2, 0) is 21.1 Å². The van der Waals surface area contributed by atoms with E-state index >= 15 is 0 Å². The molecule has 1 nitrogen and oxygen atoms in total. The number of hydrogen-bond acceptors (Lipinski definition) is 1. The van der Waals surface area contributed by atoms with Crippen LogP contribution in [0.4, 0.5) is 0 Å². The number of rotatable bonds is 0. The van der Waals surface area contributed by atoms with Gasteiger partial charge in [0.1, 0.15) is 0 Å². The molecular weight excluding hydrogens is 246 g/mol. The SMILES string of the molecule is C.C.[CH2-]CN.[W]. The summed E-state index contributed by atoms with van der Waals surface area (Å²) in [5.74, 6) is 0. The van der Waals surface area contributed by atoms with Gasteiger partial charge < -0.3 is 12.7 Å². The third-order valence-electron chi connectivity index (χ3n) is 0. The molecule has 0 rings (SSSR count). The van der Waals surface area contributed by atoms with Crippen LogP contribution in [0.3, 0.4) is 0 Å². The Morgan fingerprint density at radius 2 is 1.33 bits per heavy atom. The Kier molecular flexibility index (Phi) is 226. The van der Waals surface area contributed by atoms with Crippen LogP contribution in [0.15, 0.2) is 0 Å². The second-order valence-corrected chi connectivity index (χ2v) is 0.289. The average Bonchev–Trinajstić information content (AvgIpc) is 0.918. The van der Waals surface area contributed by atoms with E-state index < -0.39 is 0 Å². The van der Waals surface area contributed by atoms with Gasteiger partial charge >= 0.3 is 0 Å². The van der Waals surface area contributed by atoms with E-state index in [1.165, 1.54) is 0 Å². The summed E-state index contributed by atoms with van der Waals surface area (Å²) in [6, 6.07) is 0. The molecular formula is C4H14NW-. The first kappa shape index (κ1) is 30.2. The molecule has 0 amide bonds. The molecule has 42 valence electrons. The van der Waals surface area contributed by atoms with Crippen molar-refractivity contribution in [2.75, 3.05) is 6.54 Å². The fourth-order valence-electron chi connectivity index (χ4n) is 0. The van der Waals surface area contributed by atoms with Gasteiger partial charge in [-0.1, -0.05) is 14.9 Å². The monoisotopic (exact) mass is 260 g/mol. The molecule has 0 bridgehead atoms. The molecule has 2 heteroatoms. The van der Waals surface area contributed by atoms with Gasteiger partial charge in [-0.25, -0.2) is 0 Å². The smallest absolute Gasteiger partial charge is 0 e. The van der Waals surface area contributed by atoms with Crippen molar-refractivity contribution in [3.63, 3.8) is 0 Å². The van der Waals surface area contributed by atoms with Gasteiger partial charge in [-0.15, -0.1) is 6.54 Å². The molecule has 0 aliphatic carbocycles. The molecule has 0 atom stereocenters. The zero-order valence-electron chi connectivity index (χ0n) is 2.40. The van der Waals surface area contributed by atoms with Crippen molar-refractivity contribution in [3.8, 4) is 0 Å². The zero-order valence-corrected chi connectivity index (χ0v) is 5.33. The fourth-order valence-corrected chi connectivity index (χ4v) is 0. The quantitative estimate of drug-likeness (QED) is 0.647. The van der Waals surface area contributed by atoms with Crippen LogP contribution in [-0.4, -0.2) is 6.54 Å². The van der Waals surface area contributed by atoms with E-state index in [0.717, 1.165) is 0 Å². The van der Waals surface area contributed by atoms with Crippen molar-refractivity contribution in [2.24, 2.45) is 5.73 Å². The molecule has 0 radical (unpaired) electrons. The van der Waals surface area contributed by atoms with Crippen molar-refractivity contribution < 1.29 is 21.1 Å². The molecule has 0 saturated carbocycles. The van der Waals surface area contributed by atoms with Crippen LogP contribution < -0.4 is 5.73 Å². The van der Waals surface area contributed by atoms with Crippen LogP contribution >= 0.6 is 0 Å². The number of hydrogen-bond donors (Lipinski definition) is 1. The van der Waals surface area contributed by atoms with Gasteiger partial charge in [0.25, 0.3) is 0 Å². The normalized spacial score (nSPS) is 3.00. The zero-order chi connectivity index (χ0) is 2.71. The molecule has 0 aliphatic rings. The summed E-state index contributed by atoms with van der Waals surface area (Å²) in [5.41, 5.74) is 4.74. The summed E-state index contributed by atoms with van der Waals surface area (Å²) < 4.78 is 0. The van der Waals surface area contributed by atoms with Gasteiger partial charge in [-0.2, -0.15) is 0 Å². The maximum atomic E-state index is 4.74. The Labute approximate surface area is 55.6 Å². The summed E-state index contributed by atoms with van der Waals surface area (Å²) in [5, 5.41) is 0. The molecule has 0 aromatic heterocycles. The predicted molar refractivity (Wildman–Crippen MR) is 27.9 cm³/mol. The van der Waals surface area contributed by atoms with E-state index in [1.807, 2.05) is 0 Å². The van der Waals surface area contributed by atoms with Crippen LogP contribution in [0.1, 0.15) is 14.9 Å². The van der Waals surface area contributed by atoms with Crippen molar-refractivity contribution in [1.29, 1.82) is 0 Å². The topological polar surface area (TPSA) is 26.0 Å². The van der Waals surface area contributed by atoms with E-state index in [1.54, 1.807) is 0 Å². The minimum Gasteiger partial charge on any atom is -0.360 e. The van der Waals surface area contributed by atoms with Crippen molar-refractivity contribution in [1.82, 2.24) is 0 Å². The fraction of sp³-hybridized carbons (Fsp3) is 0.750. The van der Waals surface area contributed by atoms with Gasteiger partial charge in [0.15, 0.2) is 0 Å². The molecule has 0 unspecified atom stereocenters. The Morgan fingerprint density at radius 3 is 1.33 bits per heavy atom. The van der Waals surface area contributed by atoms with E-state index in [4.69, 9.17) is 5.73 Å². The largest absolute Gasteiger partial charge is 0.360 e. The second kappa shape index (κ2) is 44.9. The minimum absolute atomic E-state index is 0. The van der Waals surface area contributed by atoms with E-state index in [-0.39, 0.29) is 35.9 Å². The third kappa shape index (κ3) is 147. The van der Waals surface area contributed by atoms with Crippen LogP contribution in [0, 0.1) is 6.92 Å². The maximum Gasteiger partial charge on any atom is 0 e. The Hall–Kier alpha value is 0.648. The molecule has 0 aromatic carbocycles. The van der Waals surface area contributed by atoms with E-state index in [0.29, 0.717) is 6.54 Å². The van der Waals surface area contributed by atoms with E-state index in [9.17, 15) is 0 Å². The first-order valence-electron chi connectivity index (χ1n) is 0.908. The summed E-state index contributed by atoms with van der Waals surface area (Å²) in [6.07, 6.45) is 0. The molecule has 0 aliphatic heterocycles. The summed E-state index contributed by atoms with van der Waals surface area (Å²) in [6.45, 7) is 3.76. The van der Waals surface area contributed by atoms with Crippen molar-refractivity contribution in [3.05, 3.63) is 6.92 Å². The molecule has 6 heavy (non-hydrogen) atoms.